The summed E-state index contributed by atoms with van der Waals surface area (Å²) in [7, 11) is 0. The van der Waals surface area contributed by atoms with E-state index in [1.54, 1.807) is 6.07 Å². The Morgan fingerprint density at radius 1 is 1.25 bits per heavy atom. The fourth-order valence-corrected chi connectivity index (χ4v) is 2.41. The fourth-order valence-electron chi connectivity index (χ4n) is 2.41. The minimum atomic E-state index is -4.24. The third kappa shape index (κ3) is 1.61. The lowest BCUT2D eigenvalue weighted by Crippen LogP contribution is -2.06. The van der Waals surface area contributed by atoms with Gasteiger partial charge < -0.3 is 4.74 Å². The number of hydrogen-bond donors (Lipinski definition) is 0. The Morgan fingerprint density at radius 2 is 2.06 bits per heavy atom. The molecule has 0 bridgehead atoms. The van der Waals surface area contributed by atoms with E-state index < -0.39 is 11.7 Å². The highest BCUT2D eigenvalue weighted by atomic mass is 19.4. The van der Waals surface area contributed by atoms with Crippen molar-refractivity contribution in [3.8, 4) is 0 Å². The van der Waals surface area contributed by atoms with Gasteiger partial charge in [0.1, 0.15) is 6.10 Å². The molecule has 1 aromatic carbocycles. The van der Waals surface area contributed by atoms with Crippen molar-refractivity contribution in [3.05, 3.63) is 34.9 Å². The van der Waals surface area contributed by atoms with Gasteiger partial charge in [-0.1, -0.05) is 6.07 Å². The van der Waals surface area contributed by atoms with E-state index in [9.17, 15) is 13.2 Å². The monoisotopic (exact) mass is 228 g/mol. The highest BCUT2D eigenvalue weighted by Gasteiger charge is 2.43. The van der Waals surface area contributed by atoms with Crippen molar-refractivity contribution in [1.82, 2.24) is 0 Å². The van der Waals surface area contributed by atoms with Gasteiger partial charge in [0, 0.05) is 0 Å². The number of benzene rings is 1. The molecule has 3 rings (SSSR count). The highest BCUT2D eigenvalue weighted by molar-refractivity contribution is 5.38. The first-order chi connectivity index (χ1) is 7.55. The largest absolute Gasteiger partial charge is 0.416 e. The maximum Gasteiger partial charge on any atom is 0.416 e. The number of fused-ring (bicyclic) bond motifs is 3. The molecule has 0 amide bonds. The summed E-state index contributed by atoms with van der Waals surface area (Å²) in [5.74, 6) is 0. The molecule has 2 aliphatic rings. The van der Waals surface area contributed by atoms with Gasteiger partial charge in [-0.15, -0.1) is 0 Å². The molecule has 1 fully saturated rings. The second kappa shape index (κ2) is 3.23. The quantitative estimate of drug-likeness (QED) is 0.619. The van der Waals surface area contributed by atoms with Gasteiger partial charge in [-0.2, -0.15) is 13.2 Å². The van der Waals surface area contributed by atoms with Gasteiger partial charge in [0.05, 0.1) is 11.7 Å². The van der Waals surface area contributed by atoms with Crippen molar-refractivity contribution in [3.63, 3.8) is 0 Å². The minimum Gasteiger partial charge on any atom is -0.364 e. The molecule has 2 atom stereocenters. The zero-order valence-electron chi connectivity index (χ0n) is 8.55. The maximum atomic E-state index is 12.5. The van der Waals surface area contributed by atoms with Crippen LogP contribution in [-0.4, -0.2) is 6.10 Å². The molecule has 4 heteroatoms. The van der Waals surface area contributed by atoms with Gasteiger partial charge in [0.25, 0.3) is 0 Å². The summed E-state index contributed by atoms with van der Waals surface area (Å²) in [6.45, 7) is 0. The summed E-state index contributed by atoms with van der Waals surface area (Å²) in [6, 6.07) is 4.01. The average molecular weight is 228 g/mol. The van der Waals surface area contributed by atoms with Crippen molar-refractivity contribution in [2.75, 3.05) is 0 Å². The van der Waals surface area contributed by atoms with Crippen LogP contribution >= 0.6 is 0 Å². The standard InChI is InChI=1S/C12H11F3O/c13-12(14,15)8-4-5-9-7(6-8)2-1-3-10-11(9)16-10/h4-6,10-11H,1-3H2. The summed E-state index contributed by atoms with van der Waals surface area (Å²) in [4.78, 5) is 0. The van der Waals surface area contributed by atoms with Crippen LogP contribution in [0.1, 0.15) is 35.6 Å². The van der Waals surface area contributed by atoms with E-state index in [2.05, 4.69) is 0 Å². The Labute approximate surface area is 91.2 Å². The van der Waals surface area contributed by atoms with Crippen LogP contribution in [0.15, 0.2) is 18.2 Å². The predicted molar refractivity (Wildman–Crippen MR) is 52.0 cm³/mol. The second-order valence-corrected chi connectivity index (χ2v) is 4.40. The molecule has 0 spiro atoms. The van der Waals surface area contributed by atoms with Crippen molar-refractivity contribution in [2.45, 2.75) is 37.6 Å². The Morgan fingerprint density at radius 3 is 2.81 bits per heavy atom. The van der Waals surface area contributed by atoms with E-state index in [0.29, 0.717) is 0 Å². The molecule has 0 N–H and O–H groups in total. The topological polar surface area (TPSA) is 12.5 Å². The minimum absolute atomic E-state index is 0.0554. The SMILES string of the molecule is FC(F)(F)c1ccc2c(c1)CCCC1OC21. The van der Waals surface area contributed by atoms with E-state index in [4.69, 9.17) is 4.74 Å². The smallest absolute Gasteiger partial charge is 0.364 e. The van der Waals surface area contributed by atoms with Crippen LogP contribution < -0.4 is 0 Å². The lowest BCUT2D eigenvalue weighted by atomic mass is 9.99. The first kappa shape index (κ1) is 10.1. The Bertz CT molecular complexity index is 425. The van der Waals surface area contributed by atoms with Crippen LogP contribution in [0.25, 0.3) is 0 Å². The predicted octanol–water partition coefficient (Wildman–Crippen LogP) is 3.48. The molecule has 1 heterocycles. The van der Waals surface area contributed by atoms with E-state index in [1.165, 1.54) is 6.07 Å². The summed E-state index contributed by atoms with van der Waals surface area (Å²) in [6.07, 6.45) is -1.34. The molecular formula is C12H11F3O. The number of aryl methyl sites for hydroxylation is 1. The molecule has 0 saturated carbocycles. The van der Waals surface area contributed by atoms with E-state index in [0.717, 1.165) is 36.5 Å². The Balaban J connectivity index is 2.01. The number of halogens is 3. The van der Waals surface area contributed by atoms with E-state index in [1.807, 2.05) is 0 Å². The number of epoxide rings is 1. The highest BCUT2D eigenvalue weighted by Crippen LogP contribution is 2.46. The molecule has 0 aromatic heterocycles. The lowest BCUT2D eigenvalue weighted by molar-refractivity contribution is -0.137. The van der Waals surface area contributed by atoms with Crippen molar-refractivity contribution >= 4 is 0 Å². The molecule has 2 unspecified atom stereocenters. The van der Waals surface area contributed by atoms with E-state index in [-0.39, 0.29) is 12.2 Å². The molecule has 1 aliphatic carbocycles. The first-order valence-electron chi connectivity index (χ1n) is 5.41. The fraction of sp³-hybridized carbons (Fsp3) is 0.500. The second-order valence-electron chi connectivity index (χ2n) is 4.40. The summed E-state index contributed by atoms with van der Waals surface area (Å²) >= 11 is 0. The van der Waals surface area contributed by atoms with Crippen LogP contribution in [0.4, 0.5) is 13.2 Å². The summed E-state index contributed by atoms with van der Waals surface area (Å²) in [5, 5.41) is 0. The Kier molecular flexibility index (Phi) is 2.05. The zero-order chi connectivity index (χ0) is 11.3. The molecule has 16 heavy (non-hydrogen) atoms. The van der Waals surface area contributed by atoms with Crippen LogP contribution in [0.2, 0.25) is 0 Å². The molecule has 86 valence electrons. The summed E-state index contributed by atoms with van der Waals surface area (Å²) < 4.78 is 43.0. The van der Waals surface area contributed by atoms with Crippen LogP contribution in [-0.2, 0) is 17.3 Å². The number of ether oxygens (including phenoxy) is 1. The molecule has 1 aliphatic heterocycles. The number of rotatable bonds is 0. The molecule has 1 saturated heterocycles. The normalized spacial score (nSPS) is 27.9. The molecule has 0 radical (unpaired) electrons. The third-order valence-corrected chi connectivity index (χ3v) is 3.29. The number of hydrogen-bond acceptors (Lipinski definition) is 1. The number of alkyl halides is 3. The average Bonchev–Trinajstić information content (AvgIpc) is 2.94. The van der Waals surface area contributed by atoms with Gasteiger partial charge in [0.2, 0.25) is 0 Å². The first-order valence-corrected chi connectivity index (χ1v) is 5.41. The van der Waals surface area contributed by atoms with Gasteiger partial charge in [-0.3, -0.25) is 0 Å². The van der Waals surface area contributed by atoms with Gasteiger partial charge in [-0.05, 0) is 42.5 Å². The van der Waals surface area contributed by atoms with Gasteiger partial charge in [-0.25, -0.2) is 0 Å². The van der Waals surface area contributed by atoms with Crippen LogP contribution in [0.3, 0.4) is 0 Å². The third-order valence-electron chi connectivity index (χ3n) is 3.29. The van der Waals surface area contributed by atoms with Gasteiger partial charge in [0.15, 0.2) is 0 Å². The van der Waals surface area contributed by atoms with Crippen molar-refractivity contribution < 1.29 is 17.9 Å². The molecular weight excluding hydrogens is 217 g/mol. The Hall–Kier alpha value is -1.03. The van der Waals surface area contributed by atoms with Crippen molar-refractivity contribution in [1.29, 1.82) is 0 Å². The van der Waals surface area contributed by atoms with Crippen LogP contribution in [0.5, 0.6) is 0 Å². The van der Waals surface area contributed by atoms with Gasteiger partial charge >= 0.3 is 6.18 Å². The maximum absolute atomic E-state index is 12.5. The van der Waals surface area contributed by atoms with Crippen LogP contribution in [0, 0.1) is 0 Å². The molecule has 1 nitrogen and oxygen atoms in total. The van der Waals surface area contributed by atoms with E-state index >= 15 is 0 Å². The molecule has 1 aromatic rings. The lowest BCUT2D eigenvalue weighted by Gasteiger charge is -2.11. The summed E-state index contributed by atoms with van der Waals surface area (Å²) in [5.41, 5.74) is 1.21. The zero-order valence-corrected chi connectivity index (χ0v) is 8.55. The van der Waals surface area contributed by atoms with Crippen molar-refractivity contribution in [2.24, 2.45) is 0 Å².